The van der Waals surface area contributed by atoms with Gasteiger partial charge in [-0.25, -0.2) is 0 Å². The molecule has 0 atom stereocenters. The lowest BCUT2D eigenvalue weighted by Gasteiger charge is -2.40. The van der Waals surface area contributed by atoms with Crippen LogP contribution in [0.4, 0.5) is 5.69 Å². The maximum atomic E-state index is 13.8. The highest BCUT2D eigenvalue weighted by molar-refractivity contribution is 6.07. The van der Waals surface area contributed by atoms with Gasteiger partial charge in [-0.05, 0) is 96.2 Å². The van der Waals surface area contributed by atoms with Crippen molar-refractivity contribution in [2.75, 3.05) is 25.5 Å². The Labute approximate surface area is 222 Å². The average Bonchev–Trinajstić information content (AvgIpc) is 3.23. The minimum absolute atomic E-state index is 0.118. The summed E-state index contributed by atoms with van der Waals surface area (Å²) in [4.78, 5) is 31.3. The van der Waals surface area contributed by atoms with Crippen molar-refractivity contribution >= 4 is 28.2 Å². The molecule has 6 nitrogen and oxygen atoms in total. The zero-order valence-corrected chi connectivity index (χ0v) is 23.9. The molecular weight excluding hydrogens is 460 g/mol. The number of aromatic nitrogens is 2. The molecule has 0 unspecified atom stereocenters. The molecule has 0 N–H and O–H groups in total. The second kappa shape index (κ2) is 11.3. The highest BCUT2D eigenvalue weighted by Gasteiger charge is 2.30. The lowest BCUT2D eigenvalue weighted by Crippen LogP contribution is -2.42. The third-order valence-corrected chi connectivity index (χ3v) is 8.57. The number of carbonyl (C=O) groups is 2. The minimum atomic E-state index is 0.118. The van der Waals surface area contributed by atoms with Gasteiger partial charge in [0.15, 0.2) is 11.6 Å². The fourth-order valence-corrected chi connectivity index (χ4v) is 6.53. The first-order chi connectivity index (χ1) is 17.7. The standard InChI is InChI=1S/C31H44N4O2/c1-8-24-26(29(36)15-14-25-21(4)16-20(3)17-30(25)37)18-28-27(19-32-34(28)7)31(24)35(9-2)23-12-10-22(11-13-23)33(5)6/h16,18-19,22-23H,8-15,17H2,1-7H3. The third kappa shape index (κ3) is 5.45. The summed E-state index contributed by atoms with van der Waals surface area (Å²) in [6, 6.07) is 3.14. The molecule has 2 aliphatic rings. The van der Waals surface area contributed by atoms with Crippen molar-refractivity contribution < 1.29 is 9.59 Å². The van der Waals surface area contributed by atoms with Crippen LogP contribution in [0.2, 0.25) is 0 Å². The van der Waals surface area contributed by atoms with Crippen LogP contribution in [0, 0.1) is 0 Å². The van der Waals surface area contributed by atoms with Gasteiger partial charge in [0.1, 0.15) is 0 Å². The van der Waals surface area contributed by atoms with E-state index >= 15 is 0 Å². The predicted octanol–water partition coefficient (Wildman–Crippen LogP) is 6.03. The van der Waals surface area contributed by atoms with Gasteiger partial charge in [-0.3, -0.25) is 14.3 Å². The molecule has 6 heteroatoms. The van der Waals surface area contributed by atoms with Crippen LogP contribution in [0.5, 0.6) is 0 Å². The van der Waals surface area contributed by atoms with Gasteiger partial charge in [-0.2, -0.15) is 5.10 Å². The van der Waals surface area contributed by atoms with E-state index in [1.54, 1.807) is 0 Å². The van der Waals surface area contributed by atoms with Gasteiger partial charge in [0.25, 0.3) is 0 Å². The molecule has 0 aliphatic heterocycles. The number of Topliss-reactive ketones (excluding diaryl/α,β-unsaturated/α-hetero) is 2. The molecule has 1 saturated carbocycles. The zero-order valence-electron chi connectivity index (χ0n) is 23.9. The first kappa shape index (κ1) is 27.3. The van der Waals surface area contributed by atoms with E-state index in [1.807, 2.05) is 37.8 Å². The van der Waals surface area contributed by atoms with Crippen molar-refractivity contribution in [3.8, 4) is 0 Å². The van der Waals surface area contributed by atoms with E-state index in [9.17, 15) is 9.59 Å². The summed E-state index contributed by atoms with van der Waals surface area (Å²) in [5, 5.41) is 5.72. The van der Waals surface area contributed by atoms with E-state index in [4.69, 9.17) is 0 Å². The molecule has 0 radical (unpaired) electrons. The second-order valence-corrected chi connectivity index (χ2v) is 11.2. The Morgan fingerprint density at radius 1 is 1.11 bits per heavy atom. The van der Waals surface area contributed by atoms with Crippen molar-refractivity contribution in [2.45, 2.75) is 91.1 Å². The molecule has 1 fully saturated rings. The molecule has 200 valence electrons. The highest BCUT2D eigenvalue weighted by atomic mass is 16.1. The predicted molar refractivity (Wildman–Crippen MR) is 152 cm³/mol. The number of hydrogen-bond acceptors (Lipinski definition) is 5. The van der Waals surface area contributed by atoms with Crippen LogP contribution in [0.15, 0.2) is 35.1 Å². The summed E-state index contributed by atoms with van der Waals surface area (Å²) in [5.41, 5.74) is 7.02. The number of fused-ring (bicyclic) bond motifs is 1. The molecule has 0 amide bonds. The van der Waals surface area contributed by atoms with Crippen LogP contribution in [-0.2, 0) is 18.3 Å². The third-order valence-electron chi connectivity index (χ3n) is 8.57. The molecule has 2 aromatic rings. The van der Waals surface area contributed by atoms with Gasteiger partial charge in [0.05, 0.1) is 17.4 Å². The Morgan fingerprint density at radius 2 is 1.78 bits per heavy atom. The van der Waals surface area contributed by atoms with E-state index in [0.29, 0.717) is 31.3 Å². The van der Waals surface area contributed by atoms with Crippen LogP contribution >= 0.6 is 0 Å². The molecule has 1 aromatic heterocycles. The van der Waals surface area contributed by atoms with Gasteiger partial charge >= 0.3 is 0 Å². The smallest absolute Gasteiger partial charge is 0.163 e. The summed E-state index contributed by atoms with van der Waals surface area (Å²) < 4.78 is 1.89. The lowest BCUT2D eigenvalue weighted by molar-refractivity contribution is -0.115. The molecular formula is C31H44N4O2. The summed E-state index contributed by atoms with van der Waals surface area (Å²) in [6.45, 7) is 9.26. The van der Waals surface area contributed by atoms with Crippen molar-refractivity contribution in [1.29, 1.82) is 0 Å². The molecule has 1 heterocycles. The zero-order chi connectivity index (χ0) is 26.9. The topological polar surface area (TPSA) is 58.4 Å². The van der Waals surface area contributed by atoms with Crippen LogP contribution in [0.25, 0.3) is 10.9 Å². The quantitative estimate of drug-likeness (QED) is 0.390. The van der Waals surface area contributed by atoms with Crippen LogP contribution in [0.3, 0.4) is 0 Å². The summed E-state index contributed by atoms with van der Waals surface area (Å²) in [5.74, 6) is 0.280. The van der Waals surface area contributed by atoms with Crippen molar-refractivity contribution in [1.82, 2.24) is 14.7 Å². The van der Waals surface area contributed by atoms with E-state index in [1.165, 1.54) is 18.5 Å². The fraction of sp³-hybridized carbons (Fsp3) is 0.581. The van der Waals surface area contributed by atoms with Crippen LogP contribution in [0.1, 0.15) is 88.6 Å². The summed E-state index contributed by atoms with van der Waals surface area (Å²) in [6.07, 6.45) is 10.9. The Kier molecular flexibility index (Phi) is 8.37. The molecule has 0 saturated heterocycles. The summed E-state index contributed by atoms with van der Waals surface area (Å²) in [7, 11) is 6.32. The number of nitrogens with zero attached hydrogens (tertiary/aromatic N) is 4. The fourth-order valence-electron chi connectivity index (χ4n) is 6.53. The average molecular weight is 505 g/mol. The number of allylic oxidation sites excluding steroid dienone is 4. The lowest BCUT2D eigenvalue weighted by atomic mass is 9.86. The van der Waals surface area contributed by atoms with Crippen LogP contribution < -0.4 is 4.90 Å². The van der Waals surface area contributed by atoms with Gasteiger partial charge in [0.2, 0.25) is 0 Å². The Balaban J connectivity index is 1.70. The van der Waals surface area contributed by atoms with E-state index in [2.05, 4.69) is 48.9 Å². The number of anilines is 1. The normalized spacial score (nSPS) is 20.6. The molecule has 4 rings (SSSR count). The molecule has 1 aromatic carbocycles. The maximum Gasteiger partial charge on any atom is 0.163 e. The Morgan fingerprint density at radius 3 is 2.38 bits per heavy atom. The van der Waals surface area contributed by atoms with E-state index < -0.39 is 0 Å². The van der Waals surface area contributed by atoms with Gasteiger partial charge in [0, 0.05) is 49.5 Å². The molecule has 0 bridgehead atoms. The monoisotopic (exact) mass is 504 g/mol. The first-order valence-corrected chi connectivity index (χ1v) is 14.0. The highest BCUT2D eigenvalue weighted by Crippen LogP contribution is 2.39. The van der Waals surface area contributed by atoms with Crippen molar-refractivity contribution in [2.24, 2.45) is 7.05 Å². The maximum absolute atomic E-state index is 13.8. The Bertz CT molecular complexity index is 1240. The first-order valence-electron chi connectivity index (χ1n) is 14.0. The van der Waals surface area contributed by atoms with E-state index in [0.717, 1.165) is 64.6 Å². The number of carbonyl (C=O) groups excluding carboxylic acids is 2. The largest absolute Gasteiger partial charge is 0.368 e. The molecule has 0 spiro atoms. The summed E-state index contributed by atoms with van der Waals surface area (Å²) >= 11 is 0. The second-order valence-electron chi connectivity index (χ2n) is 11.2. The SMILES string of the molecule is CCc1c(C(=O)CCC2=C(C)C=C(C)CC2=O)cc2c(cnn2C)c1N(CC)C1CCC(N(C)C)CC1. The Hall–Kier alpha value is -2.73. The minimum Gasteiger partial charge on any atom is -0.368 e. The number of ketones is 2. The number of aryl methyl sites for hydroxylation is 1. The number of rotatable bonds is 9. The van der Waals surface area contributed by atoms with E-state index in [-0.39, 0.29) is 11.6 Å². The molecule has 37 heavy (non-hydrogen) atoms. The molecule has 2 aliphatic carbocycles. The van der Waals surface area contributed by atoms with Gasteiger partial charge < -0.3 is 9.80 Å². The number of benzene rings is 1. The van der Waals surface area contributed by atoms with Crippen molar-refractivity contribution in [3.05, 3.63) is 46.2 Å². The van der Waals surface area contributed by atoms with Crippen LogP contribution in [-0.4, -0.2) is 59.0 Å². The number of hydrogen-bond donors (Lipinski definition) is 0. The van der Waals surface area contributed by atoms with Gasteiger partial charge in [-0.1, -0.05) is 18.6 Å². The van der Waals surface area contributed by atoms with Crippen molar-refractivity contribution in [3.63, 3.8) is 0 Å². The van der Waals surface area contributed by atoms with Gasteiger partial charge in [-0.15, -0.1) is 0 Å².